The minimum atomic E-state index is -0.747. The monoisotopic (exact) mass is 375 g/mol. The number of rotatable bonds is 6. The van der Waals surface area contributed by atoms with Crippen molar-refractivity contribution < 1.29 is 24.4 Å². The summed E-state index contributed by atoms with van der Waals surface area (Å²) in [6, 6.07) is 4.31. The summed E-state index contributed by atoms with van der Waals surface area (Å²) < 4.78 is 5.01. The van der Waals surface area contributed by atoms with E-state index in [1.54, 1.807) is 20.8 Å². The van der Waals surface area contributed by atoms with Crippen LogP contribution in [0.1, 0.15) is 45.9 Å². The van der Waals surface area contributed by atoms with Crippen LogP contribution >= 0.6 is 0 Å². The summed E-state index contributed by atoms with van der Waals surface area (Å²) in [6.45, 7) is 5.95. The zero-order valence-corrected chi connectivity index (χ0v) is 15.5. The summed E-state index contributed by atoms with van der Waals surface area (Å²) in [5, 5.41) is 23.2. The Kier molecular flexibility index (Phi) is 5.96. The van der Waals surface area contributed by atoms with E-state index < -0.39 is 29.5 Å². The molecule has 1 aromatic heterocycles. The predicted molar refractivity (Wildman–Crippen MR) is 97.6 cm³/mol. The van der Waals surface area contributed by atoms with E-state index in [1.165, 1.54) is 25.1 Å². The maximum absolute atomic E-state index is 12.2. The van der Waals surface area contributed by atoms with Crippen molar-refractivity contribution in [3.63, 3.8) is 0 Å². The van der Waals surface area contributed by atoms with Crippen LogP contribution in [0.2, 0.25) is 0 Å². The van der Waals surface area contributed by atoms with Crippen molar-refractivity contribution in [2.24, 2.45) is 0 Å². The number of anilines is 1. The second kappa shape index (κ2) is 8.00. The van der Waals surface area contributed by atoms with Crippen LogP contribution in [-0.2, 0) is 9.53 Å². The Balaban J connectivity index is 2.04. The summed E-state index contributed by atoms with van der Waals surface area (Å²) in [4.78, 5) is 37.5. The number of nitrogens with zero attached hydrogens (tertiary/aromatic N) is 1. The molecule has 2 aromatic rings. The molecule has 0 aliphatic rings. The van der Waals surface area contributed by atoms with Crippen LogP contribution in [0, 0.1) is 30.9 Å². The molecule has 1 aromatic carbocycles. The van der Waals surface area contributed by atoms with Crippen LogP contribution in [0.25, 0.3) is 0 Å². The summed E-state index contributed by atoms with van der Waals surface area (Å²) in [5.74, 6) is -1.35. The number of aromatic nitrogens is 1. The Bertz CT molecular complexity index is 901. The highest BCUT2D eigenvalue weighted by molar-refractivity contribution is 5.96. The van der Waals surface area contributed by atoms with Crippen LogP contribution in [0.15, 0.2) is 18.2 Å². The number of amides is 1. The van der Waals surface area contributed by atoms with Crippen LogP contribution in [0.3, 0.4) is 0 Å². The number of aromatic amines is 1. The first-order valence-electron chi connectivity index (χ1n) is 8.21. The van der Waals surface area contributed by atoms with Crippen molar-refractivity contribution in [2.75, 3.05) is 11.9 Å². The van der Waals surface area contributed by atoms with Gasteiger partial charge in [-0.2, -0.15) is 0 Å². The minimum Gasteiger partial charge on any atom is -0.451 e. The van der Waals surface area contributed by atoms with Gasteiger partial charge in [0, 0.05) is 17.3 Å². The first kappa shape index (κ1) is 20.1. The van der Waals surface area contributed by atoms with Gasteiger partial charge < -0.3 is 20.1 Å². The number of hydrogen-bond donors (Lipinski definition) is 3. The highest BCUT2D eigenvalue weighted by atomic mass is 16.6. The Morgan fingerprint density at radius 3 is 2.52 bits per heavy atom. The largest absolute Gasteiger partial charge is 0.451 e. The van der Waals surface area contributed by atoms with Gasteiger partial charge >= 0.3 is 5.97 Å². The van der Waals surface area contributed by atoms with Gasteiger partial charge in [0.15, 0.2) is 6.61 Å². The second-order valence-electron chi connectivity index (χ2n) is 6.17. The SMILES string of the molecule is Cc1[nH]c(C(=O)OCC(=O)Nc2cccc([N+](=O)[O-])c2C)c(C)c1[C@@H](C)O. The molecule has 1 amide bonds. The number of aliphatic hydroxyl groups is 1. The molecule has 0 aliphatic carbocycles. The molecule has 9 heteroatoms. The Labute approximate surface area is 155 Å². The van der Waals surface area contributed by atoms with Crippen LogP contribution in [-0.4, -0.2) is 33.5 Å². The lowest BCUT2D eigenvalue weighted by Crippen LogP contribution is -2.22. The zero-order chi connectivity index (χ0) is 20.3. The molecule has 0 bridgehead atoms. The van der Waals surface area contributed by atoms with E-state index in [4.69, 9.17) is 4.74 Å². The molecule has 0 aliphatic heterocycles. The highest BCUT2D eigenvalue weighted by Crippen LogP contribution is 2.26. The molecule has 1 heterocycles. The van der Waals surface area contributed by atoms with Gasteiger partial charge in [-0.1, -0.05) is 6.07 Å². The van der Waals surface area contributed by atoms with Gasteiger partial charge in [-0.15, -0.1) is 0 Å². The Morgan fingerprint density at radius 1 is 1.30 bits per heavy atom. The molecule has 27 heavy (non-hydrogen) atoms. The molecule has 144 valence electrons. The van der Waals surface area contributed by atoms with Crippen molar-refractivity contribution in [3.8, 4) is 0 Å². The van der Waals surface area contributed by atoms with Gasteiger partial charge in [-0.3, -0.25) is 14.9 Å². The average Bonchev–Trinajstić information content (AvgIpc) is 2.89. The number of carbonyl (C=O) groups is 2. The number of H-pyrrole nitrogens is 1. The minimum absolute atomic E-state index is 0.118. The highest BCUT2D eigenvalue weighted by Gasteiger charge is 2.22. The number of nitrogens with one attached hydrogen (secondary N) is 2. The summed E-state index contributed by atoms with van der Waals surface area (Å²) in [7, 11) is 0. The number of benzene rings is 1. The lowest BCUT2D eigenvalue weighted by Gasteiger charge is -2.09. The van der Waals surface area contributed by atoms with Crippen LogP contribution in [0.4, 0.5) is 11.4 Å². The predicted octanol–water partition coefficient (Wildman–Crippen LogP) is 2.70. The number of hydrogen-bond acceptors (Lipinski definition) is 6. The standard InChI is InChI=1S/C18H21N3O6/c1-9-13(6-5-7-14(9)21(25)26)20-15(23)8-27-18(24)17-10(2)16(12(4)22)11(3)19-17/h5-7,12,19,22H,8H2,1-4H3,(H,20,23)/t12-/m1/s1. The third-order valence-electron chi connectivity index (χ3n) is 4.23. The van der Waals surface area contributed by atoms with Gasteiger partial charge in [0.2, 0.25) is 0 Å². The van der Waals surface area contributed by atoms with Crippen molar-refractivity contribution in [1.29, 1.82) is 0 Å². The number of aliphatic hydroxyl groups excluding tert-OH is 1. The van der Waals surface area contributed by atoms with Crippen LogP contribution < -0.4 is 5.32 Å². The van der Waals surface area contributed by atoms with E-state index in [2.05, 4.69) is 10.3 Å². The molecule has 1 atom stereocenters. The van der Waals surface area contributed by atoms with Gasteiger partial charge in [-0.05, 0) is 39.3 Å². The van der Waals surface area contributed by atoms with E-state index in [9.17, 15) is 24.8 Å². The molecule has 9 nitrogen and oxygen atoms in total. The molecule has 0 saturated carbocycles. The number of nitro benzene ring substituents is 1. The fourth-order valence-electron chi connectivity index (χ4n) is 2.94. The smallest absolute Gasteiger partial charge is 0.355 e. The number of ether oxygens (including phenoxy) is 1. The molecule has 0 radical (unpaired) electrons. The summed E-state index contributed by atoms with van der Waals surface area (Å²) in [5.41, 5.74) is 2.44. The summed E-state index contributed by atoms with van der Waals surface area (Å²) in [6.07, 6.45) is -0.747. The molecular formula is C18H21N3O6. The van der Waals surface area contributed by atoms with E-state index in [1.807, 2.05) is 0 Å². The molecular weight excluding hydrogens is 354 g/mol. The lowest BCUT2D eigenvalue weighted by molar-refractivity contribution is -0.385. The third kappa shape index (κ3) is 4.32. The topological polar surface area (TPSA) is 135 Å². The Morgan fingerprint density at radius 2 is 1.96 bits per heavy atom. The average molecular weight is 375 g/mol. The maximum atomic E-state index is 12.2. The van der Waals surface area contributed by atoms with E-state index >= 15 is 0 Å². The van der Waals surface area contributed by atoms with Crippen molar-refractivity contribution in [2.45, 2.75) is 33.8 Å². The molecule has 0 fully saturated rings. The number of nitro groups is 1. The molecule has 0 spiro atoms. The van der Waals surface area contributed by atoms with E-state index in [0.29, 0.717) is 22.4 Å². The van der Waals surface area contributed by atoms with Crippen molar-refractivity contribution in [1.82, 2.24) is 4.98 Å². The second-order valence-corrected chi connectivity index (χ2v) is 6.17. The van der Waals surface area contributed by atoms with Crippen LogP contribution in [0.5, 0.6) is 0 Å². The van der Waals surface area contributed by atoms with Gasteiger partial charge in [0.05, 0.1) is 22.3 Å². The normalized spacial score (nSPS) is 11.7. The third-order valence-corrected chi connectivity index (χ3v) is 4.23. The van der Waals surface area contributed by atoms with E-state index in [-0.39, 0.29) is 17.1 Å². The number of esters is 1. The molecule has 0 unspecified atom stereocenters. The Hall–Kier alpha value is -3.20. The number of carbonyl (C=O) groups excluding carboxylic acids is 2. The fraction of sp³-hybridized carbons (Fsp3) is 0.333. The van der Waals surface area contributed by atoms with Gasteiger partial charge in [0.1, 0.15) is 5.69 Å². The quantitative estimate of drug-likeness (QED) is 0.404. The van der Waals surface area contributed by atoms with Gasteiger partial charge in [0.25, 0.3) is 11.6 Å². The molecule has 3 N–H and O–H groups in total. The maximum Gasteiger partial charge on any atom is 0.355 e. The fourth-order valence-corrected chi connectivity index (χ4v) is 2.94. The first-order chi connectivity index (χ1) is 12.6. The summed E-state index contributed by atoms with van der Waals surface area (Å²) >= 11 is 0. The zero-order valence-electron chi connectivity index (χ0n) is 15.5. The van der Waals surface area contributed by atoms with Gasteiger partial charge in [-0.25, -0.2) is 4.79 Å². The molecule has 0 saturated heterocycles. The van der Waals surface area contributed by atoms with Crippen molar-refractivity contribution >= 4 is 23.3 Å². The van der Waals surface area contributed by atoms with Crippen molar-refractivity contribution in [3.05, 3.63) is 56.4 Å². The first-order valence-corrected chi connectivity index (χ1v) is 8.21. The molecule has 2 rings (SSSR count). The lowest BCUT2D eigenvalue weighted by atomic mass is 10.1. The number of aryl methyl sites for hydroxylation is 1. The van der Waals surface area contributed by atoms with E-state index in [0.717, 1.165) is 0 Å².